The van der Waals surface area contributed by atoms with Crippen LogP contribution in [0.25, 0.3) is 11.3 Å². The Labute approximate surface area is 139 Å². The van der Waals surface area contributed by atoms with Gasteiger partial charge in [-0.3, -0.25) is 0 Å². The first kappa shape index (κ1) is 14.9. The van der Waals surface area contributed by atoms with Crippen molar-refractivity contribution in [1.29, 1.82) is 0 Å². The number of piperidine rings is 1. The maximum atomic E-state index is 14.1. The Balaban J connectivity index is 1.66. The fourth-order valence-corrected chi connectivity index (χ4v) is 3.87. The third-order valence-corrected chi connectivity index (χ3v) is 4.84. The Hall–Kier alpha value is -2.63. The highest BCUT2D eigenvalue weighted by Crippen LogP contribution is 2.38. The van der Waals surface area contributed by atoms with E-state index in [4.69, 9.17) is 0 Å². The summed E-state index contributed by atoms with van der Waals surface area (Å²) in [6.07, 6.45) is 8.16. The lowest BCUT2D eigenvalue weighted by Crippen LogP contribution is -2.44. The first-order valence-electron chi connectivity index (χ1n) is 8.06. The van der Waals surface area contributed by atoms with Crippen molar-refractivity contribution in [3.8, 4) is 5.69 Å². The van der Waals surface area contributed by atoms with Crippen molar-refractivity contribution >= 4 is 11.7 Å². The molecule has 1 amide bonds. The zero-order valence-electron chi connectivity index (χ0n) is 13.1. The first-order chi connectivity index (χ1) is 11.6. The Morgan fingerprint density at radius 3 is 2.88 bits per heavy atom. The molecule has 0 radical (unpaired) electrons. The standard InChI is InChI=1S/C18H18FN3O2/c19-16-6-15(7-17(8-16)21-2-1-20-11-21)14-4-12-3-13(5-14)10-22(9-12)18(23)24/h1-2,4,6-8,11-13H,3,5,9-10H2,(H,23,24). The Morgan fingerprint density at radius 1 is 1.29 bits per heavy atom. The number of rotatable bonds is 2. The lowest BCUT2D eigenvalue weighted by atomic mass is 9.77. The zero-order chi connectivity index (χ0) is 16.7. The number of imidazole rings is 1. The molecule has 2 bridgehead atoms. The van der Waals surface area contributed by atoms with Gasteiger partial charge >= 0.3 is 6.09 Å². The van der Waals surface area contributed by atoms with Crippen molar-refractivity contribution in [2.24, 2.45) is 11.8 Å². The van der Waals surface area contributed by atoms with Gasteiger partial charge in [-0.15, -0.1) is 0 Å². The number of allylic oxidation sites excluding steroid dienone is 1. The molecule has 0 saturated carbocycles. The van der Waals surface area contributed by atoms with Crippen LogP contribution in [0.2, 0.25) is 0 Å². The molecule has 1 aliphatic carbocycles. The van der Waals surface area contributed by atoms with E-state index in [2.05, 4.69) is 11.1 Å². The number of likely N-dealkylation sites (tertiary alicyclic amines) is 1. The summed E-state index contributed by atoms with van der Waals surface area (Å²) in [5, 5.41) is 9.20. The van der Waals surface area contributed by atoms with Gasteiger partial charge in [0.25, 0.3) is 0 Å². The molecule has 5 nitrogen and oxygen atoms in total. The van der Waals surface area contributed by atoms with E-state index in [0.29, 0.717) is 19.0 Å². The highest BCUT2D eigenvalue weighted by Gasteiger charge is 2.33. The van der Waals surface area contributed by atoms with Crippen LogP contribution in [0, 0.1) is 17.7 Å². The van der Waals surface area contributed by atoms with E-state index in [0.717, 1.165) is 29.7 Å². The number of hydrogen-bond donors (Lipinski definition) is 1. The van der Waals surface area contributed by atoms with Gasteiger partial charge in [-0.1, -0.05) is 6.08 Å². The monoisotopic (exact) mass is 327 g/mol. The predicted octanol–water partition coefficient (Wildman–Crippen LogP) is 3.41. The molecule has 2 atom stereocenters. The van der Waals surface area contributed by atoms with Crippen molar-refractivity contribution < 1.29 is 14.3 Å². The summed E-state index contributed by atoms with van der Waals surface area (Å²) >= 11 is 0. The molecule has 1 N–H and O–H groups in total. The summed E-state index contributed by atoms with van der Waals surface area (Å²) in [6, 6.07) is 5.01. The summed E-state index contributed by atoms with van der Waals surface area (Å²) in [4.78, 5) is 16.7. The van der Waals surface area contributed by atoms with Crippen LogP contribution < -0.4 is 0 Å². The topological polar surface area (TPSA) is 58.4 Å². The quantitative estimate of drug-likeness (QED) is 0.919. The highest BCUT2D eigenvalue weighted by molar-refractivity contribution is 5.70. The molecule has 124 valence electrons. The molecule has 2 aliphatic rings. The molecule has 4 rings (SSSR count). The van der Waals surface area contributed by atoms with Crippen molar-refractivity contribution in [3.63, 3.8) is 0 Å². The van der Waals surface area contributed by atoms with E-state index in [1.165, 1.54) is 11.0 Å². The maximum Gasteiger partial charge on any atom is 0.407 e. The smallest absolute Gasteiger partial charge is 0.407 e. The number of benzene rings is 1. The first-order valence-corrected chi connectivity index (χ1v) is 8.06. The molecule has 1 aromatic heterocycles. The molecule has 2 heterocycles. The van der Waals surface area contributed by atoms with Crippen LogP contribution in [0.15, 0.2) is 43.0 Å². The average molecular weight is 327 g/mol. The predicted molar refractivity (Wildman–Crippen MR) is 87.3 cm³/mol. The normalized spacial score (nSPS) is 23.0. The van der Waals surface area contributed by atoms with Gasteiger partial charge in [0.15, 0.2) is 0 Å². The Morgan fingerprint density at radius 2 is 2.17 bits per heavy atom. The Kier molecular flexibility index (Phi) is 3.59. The van der Waals surface area contributed by atoms with E-state index >= 15 is 0 Å². The van der Waals surface area contributed by atoms with Crippen LogP contribution in [0.1, 0.15) is 18.4 Å². The van der Waals surface area contributed by atoms with E-state index in [1.54, 1.807) is 29.4 Å². The number of hydrogen-bond acceptors (Lipinski definition) is 2. The van der Waals surface area contributed by atoms with Crippen molar-refractivity contribution in [3.05, 3.63) is 54.4 Å². The molecule has 6 heteroatoms. The molecule has 0 spiro atoms. The van der Waals surface area contributed by atoms with Gasteiger partial charge in [0.1, 0.15) is 5.82 Å². The minimum atomic E-state index is -0.852. The largest absolute Gasteiger partial charge is 0.465 e. The van der Waals surface area contributed by atoms with Crippen molar-refractivity contribution in [2.45, 2.75) is 12.8 Å². The number of nitrogens with zero attached hydrogens (tertiary/aromatic N) is 3. The molecular formula is C18H18FN3O2. The second-order valence-corrected chi connectivity index (χ2v) is 6.61. The van der Waals surface area contributed by atoms with E-state index in [1.807, 2.05) is 6.07 Å². The van der Waals surface area contributed by atoms with E-state index in [9.17, 15) is 14.3 Å². The summed E-state index contributed by atoms with van der Waals surface area (Å²) in [5.74, 6) is 0.239. The van der Waals surface area contributed by atoms with Gasteiger partial charge in [-0.05, 0) is 54.0 Å². The maximum absolute atomic E-state index is 14.1. The van der Waals surface area contributed by atoms with Gasteiger partial charge < -0.3 is 14.6 Å². The van der Waals surface area contributed by atoms with Crippen LogP contribution in [0.3, 0.4) is 0 Å². The molecule has 1 aliphatic heterocycles. The fraction of sp³-hybridized carbons (Fsp3) is 0.333. The van der Waals surface area contributed by atoms with Crippen molar-refractivity contribution in [2.75, 3.05) is 13.1 Å². The Bertz CT molecular complexity index is 801. The lowest BCUT2D eigenvalue weighted by Gasteiger charge is -2.39. The zero-order valence-corrected chi connectivity index (χ0v) is 13.1. The van der Waals surface area contributed by atoms with Crippen LogP contribution in [0.4, 0.5) is 9.18 Å². The van der Waals surface area contributed by atoms with Crippen LogP contribution in [0.5, 0.6) is 0 Å². The minimum absolute atomic E-state index is 0.212. The molecular weight excluding hydrogens is 309 g/mol. The molecule has 24 heavy (non-hydrogen) atoms. The third-order valence-electron chi connectivity index (χ3n) is 4.84. The number of fused-ring (bicyclic) bond motifs is 2. The third kappa shape index (κ3) is 2.79. The van der Waals surface area contributed by atoms with Gasteiger partial charge in [0.2, 0.25) is 0 Å². The van der Waals surface area contributed by atoms with E-state index in [-0.39, 0.29) is 11.7 Å². The van der Waals surface area contributed by atoms with Crippen molar-refractivity contribution in [1.82, 2.24) is 14.5 Å². The number of aromatic nitrogens is 2. The number of carboxylic acid groups (broad SMARTS) is 1. The van der Waals surface area contributed by atoms with Gasteiger partial charge in [-0.2, -0.15) is 0 Å². The highest BCUT2D eigenvalue weighted by atomic mass is 19.1. The summed E-state index contributed by atoms with van der Waals surface area (Å²) < 4.78 is 15.9. The van der Waals surface area contributed by atoms with Crippen LogP contribution in [-0.4, -0.2) is 38.7 Å². The molecule has 1 saturated heterocycles. The fourth-order valence-electron chi connectivity index (χ4n) is 3.87. The number of amides is 1. The minimum Gasteiger partial charge on any atom is -0.465 e. The summed E-state index contributed by atoms with van der Waals surface area (Å²) in [6.45, 7) is 1.09. The second-order valence-electron chi connectivity index (χ2n) is 6.61. The molecule has 1 aromatic carbocycles. The summed E-state index contributed by atoms with van der Waals surface area (Å²) in [7, 11) is 0. The molecule has 1 fully saturated rings. The van der Waals surface area contributed by atoms with E-state index < -0.39 is 6.09 Å². The van der Waals surface area contributed by atoms with Crippen LogP contribution in [-0.2, 0) is 0 Å². The summed E-state index contributed by atoms with van der Waals surface area (Å²) in [5.41, 5.74) is 2.73. The van der Waals surface area contributed by atoms with Crippen LogP contribution >= 0.6 is 0 Å². The average Bonchev–Trinajstić information content (AvgIpc) is 3.07. The van der Waals surface area contributed by atoms with Gasteiger partial charge in [-0.25, -0.2) is 14.2 Å². The SMILES string of the molecule is O=C(O)N1CC2C=C(c3cc(F)cc(-n4ccnc4)c3)CC(C2)C1. The molecule has 2 aromatic rings. The molecule has 2 unspecified atom stereocenters. The van der Waals surface area contributed by atoms with Gasteiger partial charge in [0, 0.05) is 31.2 Å². The lowest BCUT2D eigenvalue weighted by molar-refractivity contribution is 0.106. The van der Waals surface area contributed by atoms with Gasteiger partial charge in [0.05, 0.1) is 6.33 Å². The second kappa shape index (κ2) is 5.78. The number of carbonyl (C=O) groups is 1. The number of halogens is 1.